The number of amidine groups is 2. The number of amides is 1. The fraction of sp³-hybridized carbons (Fsp3) is 0.0455. The van der Waals surface area contributed by atoms with Gasteiger partial charge in [0, 0.05) is 29.4 Å². The molecule has 2 heterocycles. The lowest BCUT2D eigenvalue weighted by atomic mass is 10.1. The van der Waals surface area contributed by atoms with Crippen LogP contribution in [0.25, 0.3) is 6.08 Å². The number of benzene rings is 2. The quantitative estimate of drug-likeness (QED) is 0.642. The van der Waals surface area contributed by atoms with Crippen LogP contribution in [0.15, 0.2) is 88.0 Å². The third kappa shape index (κ3) is 4.14. The van der Waals surface area contributed by atoms with E-state index in [2.05, 4.69) is 9.98 Å². The molecule has 0 saturated carbocycles. The van der Waals surface area contributed by atoms with Crippen molar-refractivity contribution in [3.05, 3.63) is 99.7 Å². The maximum atomic E-state index is 12.5. The van der Waals surface area contributed by atoms with Gasteiger partial charge in [-0.1, -0.05) is 59.6 Å². The molecule has 0 fully saturated rings. The first-order valence-electron chi connectivity index (χ1n) is 8.64. The number of halogens is 2. The van der Waals surface area contributed by atoms with Gasteiger partial charge < -0.3 is 4.90 Å². The lowest BCUT2D eigenvalue weighted by molar-refractivity contribution is -0.113. The van der Waals surface area contributed by atoms with Crippen LogP contribution in [0.1, 0.15) is 16.7 Å². The summed E-state index contributed by atoms with van der Waals surface area (Å²) in [6.07, 6.45) is 8.54. The first-order valence-corrected chi connectivity index (χ1v) is 9.39. The van der Waals surface area contributed by atoms with Crippen molar-refractivity contribution < 1.29 is 4.79 Å². The third-order valence-corrected chi connectivity index (χ3v) is 4.76. The molecule has 2 aromatic rings. The lowest BCUT2D eigenvalue weighted by Gasteiger charge is -2.21. The van der Waals surface area contributed by atoms with Crippen molar-refractivity contribution in [1.29, 1.82) is 0 Å². The molecule has 0 aliphatic carbocycles. The van der Waals surface area contributed by atoms with E-state index >= 15 is 0 Å². The van der Waals surface area contributed by atoms with Gasteiger partial charge in [-0.2, -0.15) is 4.99 Å². The van der Waals surface area contributed by atoms with E-state index in [4.69, 9.17) is 23.2 Å². The zero-order valence-corrected chi connectivity index (χ0v) is 16.2. The smallest absolute Gasteiger partial charge is 0.271 e. The molecular weight excluding hydrogens is 393 g/mol. The Hall–Kier alpha value is -2.95. The van der Waals surface area contributed by atoms with Crippen molar-refractivity contribution in [2.24, 2.45) is 9.98 Å². The summed E-state index contributed by atoms with van der Waals surface area (Å²) in [5.74, 6) is 0.690. The molecule has 2 aliphatic heterocycles. The number of fused-ring (bicyclic) bond motifs is 2. The number of hydrogen-bond donors (Lipinski definition) is 0. The molecule has 4 rings (SSSR count). The van der Waals surface area contributed by atoms with E-state index in [0.717, 1.165) is 16.7 Å². The minimum atomic E-state index is -0.383. The third-order valence-electron chi connectivity index (χ3n) is 4.29. The lowest BCUT2D eigenvalue weighted by Crippen LogP contribution is -2.25. The highest BCUT2D eigenvalue weighted by Gasteiger charge is 2.21. The van der Waals surface area contributed by atoms with Crippen LogP contribution in [0.4, 0.5) is 0 Å². The van der Waals surface area contributed by atoms with Crippen molar-refractivity contribution in [1.82, 2.24) is 4.90 Å². The summed E-state index contributed by atoms with van der Waals surface area (Å²) < 4.78 is 0. The van der Waals surface area contributed by atoms with Crippen LogP contribution in [0.2, 0.25) is 5.02 Å². The van der Waals surface area contributed by atoms with Gasteiger partial charge in [-0.3, -0.25) is 4.79 Å². The molecule has 2 aromatic carbocycles. The molecule has 1 amide bonds. The van der Waals surface area contributed by atoms with Crippen LogP contribution < -0.4 is 0 Å². The normalized spacial score (nSPS) is 17.1. The van der Waals surface area contributed by atoms with Crippen molar-refractivity contribution in [3.8, 4) is 0 Å². The molecule has 0 radical (unpaired) electrons. The molecule has 0 bridgehead atoms. The van der Waals surface area contributed by atoms with Crippen molar-refractivity contribution in [2.75, 3.05) is 0 Å². The summed E-state index contributed by atoms with van der Waals surface area (Å²) in [6.45, 7) is 0.601. The van der Waals surface area contributed by atoms with Crippen LogP contribution in [0, 0.1) is 0 Å². The van der Waals surface area contributed by atoms with Gasteiger partial charge >= 0.3 is 0 Å². The monoisotopic (exact) mass is 407 g/mol. The Kier molecular flexibility index (Phi) is 5.24. The highest BCUT2D eigenvalue weighted by Crippen LogP contribution is 2.23. The summed E-state index contributed by atoms with van der Waals surface area (Å²) in [5.41, 5.74) is 2.72. The van der Waals surface area contributed by atoms with E-state index in [1.807, 2.05) is 53.6 Å². The molecule has 28 heavy (non-hydrogen) atoms. The van der Waals surface area contributed by atoms with Crippen molar-refractivity contribution >= 4 is 46.9 Å². The Balaban J connectivity index is 1.68. The van der Waals surface area contributed by atoms with E-state index < -0.39 is 0 Å². The standard InChI is InChI=1S/C22H15Cl2N3O/c23-17-8-5-15(6-9-17)7-12-21(28)26-22-19-4-2-1-3-16(19)13-27-14-18(24)10-11-20(27)25-22/h1-12,14H,13H2/b12-7+,26-22?. The Morgan fingerprint density at radius 1 is 1.07 bits per heavy atom. The highest BCUT2D eigenvalue weighted by atomic mass is 35.5. The molecule has 6 heteroatoms. The summed E-state index contributed by atoms with van der Waals surface area (Å²) in [5, 5.41) is 1.27. The maximum absolute atomic E-state index is 12.5. The van der Waals surface area contributed by atoms with Crippen LogP contribution in [-0.2, 0) is 11.3 Å². The second-order valence-electron chi connectivity index (χ2n) is 6.26. The van der Waals surface area contributed by atoms with Gasteiger partial charge in [0.05, 0.1) is 5.03 Å². The van der Waals surface area contributed by atoms with Gasteiger partial charge in [0.15, 0.2) is 5.84 Å². The first-order chi connectivity index (χ1) is 13.6. The second-order valence-corrected chi connectivity index (χ2v) is 7.13. The van der Waals surface area contributed by atoms with Gasteiger partial charge in [0.25, 0.3) is 5.91 Å². The van der Waals surface area contributed by atoms with E-state index in [0.29, 0.717) is 28.3 Å². The van der Waals surface area contributed by atoms with E-state index in [9.17, 15) is 4.79 Å². The number of allylic oxidation sites excluding steroid dienone is 2. The number of hydrogen-bond acceptors (Lipinski definition) is 2. The molecule has 0 spiro atoms. The Morgan fingerprint density at radius 3 is 2.68 bits per heavy atom. The fourth-order valence-electron chi connectivity index (χ4n) is 2.93. The Bertz CT molecular complexity index is 1080. The number of aliphatic imine (C=N–C) groups is 2. The molecule has 2 aliphatic rings. The van der Waals surface area contributed by atoms with Crippen LogP contribution in [-0.4, -0.2) is 22.5 Å². The SMILES string of the molecule is O=C(/C=C/c1ccc(Cl)cc1)N=C1N=C2C=CC(Cl)=CN2Cc2ccccc21. The number of carbonyl (C=O) groups is 1. The first kappa shape index (κ1) is 18.4. The predicted octanol–water partition coefficient (Wildman–Crippen LogP) is 5.19. The minimum Gasteiger partial charge on any atom is -0.327 e. The molecule has 138 valence electrons. The predicted molar refractivity (Wildman–Crippen MR) is 115 cm³/mol. The number of rotatable bonds is 2. The molecule has 0 unspecified atom stereocenters. The molecule has 0 atom stereocenters. The number of nitrogens with zero attached hydrogens (tertiary/aromatic N) is 3. The number of carbonyl (C=O) groups excluding carboxylic acids is 1. The van der Waals surface area contributed by atoms with Crippen LogP contribution >= 0.6 is 23.2 Å². The summed E-state index contributed by atoms with van der Waals surface area (Å²) >= 11 is 12.0. The molecule has 0 N–H and O–H groups in total. The summed E-state index contributed by atoms with van der Waals surface area (Å²) in [4.78, 5) is 23.2. The molecule has 0 saturated heterocycles. The second kappa shape index (κ2) is 7.97. The maximum Gasteiger partial charge on any atom is 0.271 e. The van der Waals surface area contributed by atoms with Crippen LogP contribution in [0.3, 0.4) is 0 Å². The van der Waals surface area contributed by atoms with Gasteiger partial charge in [-0.05, 0) is 41.5 Å². The van der Waals surface area contributed by atoms with Crippen molar-refractivity contribution in [3.63, 3.8) is 0 Å². The van der Waals surface area contributed by atoms with E-state index in [1.54, 1.807) is 24.3 Å². The van der Waals surface area contributed by atoms with Gasteiger partial charge in [-0.25, -0.2) is 4.99 Å². The molecule has 0 aromatic heterocycles. The molecule has 4 nitrogen and oxygen atoms in total. The average molecular weight is 408 g/mol. The van der Waals surface area contributed by atoms with Gasteiger partial charge in [0.1, 0.15) is 5.84 Å². The van der Waals surface area contributed by atoms with Crippen molar-refractivity contribution in [2.45, 2.75) is 6.54 Å². The summed E-state index contributed by atoms with van der Waals surface area (Å²) in [7, 11) is 0. The molecular formula is C22H15Cl2N3O. The largest absolute Gasteiger partial charge is 0.327 e. The minimum absolute atomic E-state index is 0.383. The van der Waals surface area contributed by atoms with Crippen LogP contribution in [0.5, 0.6) is 0 Å². The Morgan fingerprint density at radius 2 is 1.86 bits per heavy atom. The zero-order chi connectivity index (χ0) is 19.5. The van der Waals surface area contributed by atoms with Gasteiger partial charge in [0.2, 0.25) is 0 Å². The fourth-order valence-corrected chi connectivity index (χ4v) is 3.24. The van der Waals surface area contributed by atoms with E-state index in [-0.39, 0.29) is 5.91 Å². The van der Waals surface area contributed by atoms with E-state index in [1.165, 1.54) is 6.08 Å². The average Bonchev–Trinajstić information content (AvgIpc) is 2.84. The summed E-state index contributed by atoms with van der Waals surface area (Å²) in [6, 6.07) is 15.0. The highest BCUT2D eigenvalue weighted by molar-refractivity contribution is 6.32. The topological polar surface area (TPSA) is 45.0 Å². The van der Waals surface area contributed by atoms with Gasteiger partial charge in [-0.15, -0.1) is 0 Å². The Labute approximate surface area is 172 Å². The zero-order valence-electron chi connectivity index (χ0n) is 14.7.